The Hall–Kier alpha value is -1.46. The van der Waals surface area contributed by atoms with Gasteiger partial charge in [0, 0.05) is 25.6 Å². The van der Waals surface area contributed by atoms with Gasteiger partial charge in [0.05, 0.1) is 16.8 Å². The van der Waals surface area contributed by atoms with Crippen LogP contribution < -0.4 is 5.32 Å². The second kappa shape index (κ2) is 6.54. The maximum Gasteiger partial charge on any atom is 0.223 e. The molecule has 21 heavy (non-hydrogen) atoms. The van der Waals surface area contributed by atoms with Gasteiger partial charge < -0.3 is 10.2 Å². The van der Waals surface area contributed by atoms with Gasteiger partial charge in [-0.05, 0) is 32.9 Å². The number of nitrogens with one attached hydrogen (secondary N) is 1. The number of hydrogen-bond acceptors (Lipinski definition) is 4. The molecule has 1 N–H and O–H groups in total. The number of carbonyl (C=O) groups is 1. The van der Waals surface area contributed by atoms with E-state index < -0.39 is 0 Å². The van der Waals surface area contributed by atoms with Crippen LogP contribution in [-0.4, -0.2) is 34.9 Å². The molecule has 0 aliphatic carbocycles. The molecule has 0 saturated carbocycles. The summed E-state index contributed by atoms with van der Waals surface area (Å²) in [5.74, 6) is 0.144. The van der Waals surface area contributed by atoms with Gasteiger partial charge in [-0.2, -0.15) is 0 Å². The predicted molar refractivity (Wildman–Crippen MR) is 88.5 cm³/mol. The second-order valence-electron chi connectivity index (χ2n) is 6.25. The highest BCUT2D eigenvalue weighted by atomic mass is 32.1. The Morgan fingerprint density at radius 1 is 1.33 bits per heavy atom. The fraction of sp³-hybridized carbons (Fsp3) is 0.500. The Kier molecular flexibility index (Phi) is 4.96. The van der Waals surface area contributed by atoms with Crippen LogP contribution in [-0.2, 0) is 11.3 Å². The number of carbonyl (C=O) groups excluding carboxylic acids is 1. The van der Waals surface area contributed by atoms with E-state index in [9.17, 15) is 4.79 Å². The Labute approximate surface area is 130 Å². The highest BCUT2D eigenvalue weighted by molar-refractivity contribution is 7.18. The molecule has 2 rings (SSSR count). The van der Waals surface area contributed by atoms with Crippen molar-refractivity contribution in [3.05, 3.63) is 29.3 Å². The third-order valence-corrected chi connectivity index (χ3v) is 4.15. The summed E-state index contributed by atoms with van der Waals surface area (Å²) in [5.41, 5.74) is 1.05. The molecule has 1 aromatic carbocycles. The van der Waals surface area contributed by atoms with Crippen molar-refractivity contribution in [1.82, 2.24) is 15.2 Å². The molecular weight excluding hydrogens is 282 g/mol. The first-order valence-corrected chi connectivity index (χ1v) is 8.00. The summed E-state index contributed by atoms with van der Waals surface area (Å²) >= 11 is 1.65. The number of aromatic nitrogens is 1. The van der Waals surface area contributed by atoms with Gasteiger partial charge in [0.25, 0.3) is 0 Å². The van der Waals surface area contributed by atoms with Crippen LogP contribution in [0.5, 0.6) is 0 Å². The second-order valence-corrected chi connectivity index (χ2v) is 7.37. The van der Waals surface area contributed by atoms with Crippen molar-refractivity contribution in [2.45, 2.75) is 39.3 Å². The number of rotatable bonds is 5. The van der Waals surface area contributed by atoms with E-state index in [1.54, 1.807) is 16.2 Å². The molecule has 0 radical (unpaired) electrons. The molecule has 114 valence electrons. The van der Waals surface area contributed by atoms with Gasteiger partial charge in [0.15, 0.2) is 0 Å². The molecule has 0 saturated heterocycles. The number of benzene rings is 1. The van der Waals surface area contributed by atoms with E-state index in [0.717, 1.165) is 10.5 Å². The lowest BCUT2D eigenvalue weighted by Gasteiger charge is -2.21. The van der Waals surface area contributed by atoms with E-state index in [4.69, 9.17) is 0 Å². The third-order valence-electron chi connectivity index (χ3n) is 3.13. The topological polar surface area (TPSA) is 45.2 Å². The Morgan fingerprint density at radius 2 is 2.05 bits per heavy atom. The smallest absolute Gasteiger partial charge is 0.223 e. The summed E-state index contributed by atoms with van der Waals surface area (Å²) in [6.07, 6.45) is 0.513. The van der Waals surface area contributed by atoms with E-state index in [1.807, 2.05) is 25.2 Å². The monoisotopic (exact) mass is 305 g/mol. The lowest BCUT2D eigenvalue weighted by molar-refractivity contribution is -0.130. The van der Waals surface area contributed by atoms with Crippen molar-refractivity contribution >= 4 is 27.5 Å². The highest BCUT2D eigenvalue weighted by Crippen LogP contribution is 2.22. The zero-order chi connectivity index (χ0) is 15.5. The molecule has 1 aromatic heterocycles. The average molecular weight is 305 g/mol. The molecule has 5 heteroatoms. The molecule has 1 heterocycles. The van der Waals surface area contributed by atoms with Crippen LogP contribution in [0, 0.1) is 0 Å². The number of fused-ring (bicyclic) bond motifs is 1. The molecule has 0 bridgehead atoms. The number of thiazole rings is 1. The van der Waals surface area contributed by atoms with Gasteiger partial charge >= 0.3 is 0 Å². The molecule has 0 fully saturated rings. The van der Waals surface area contributed by atoms with Crippen molar-refractivity contribution in [3.8, 4) is 0 Å². The molecular formula is C16H23N3OS. The number of hydrogen-bond donors (Lipinski definition) is 1. The molecule has 0 unspecified atom stereocenters. The summed E-state index contributed by atoms with van der Waals surface area (Å²) in [4.78, 5) is 18.4. The predicted octanol–water partition coefficient (Wildman–Crippen LogP) is 3.03. The van der Waals surface area contributed by atoms with Crippen LogP contribution in [0.3, 0.4) is 0 Å². The fourth-order valence-electron chi connectivity index (χ4n) is 2.01. The molecule has 1 amide bonds. The fourth-order valence-corrected chi connectivity index (χ4v) is 3.03. The lowest BCUT2D eigenvalue weighted by Crippen LogP contribution is -2.38. The van der Waals surface area contributed by atoms with Gasteiger partial charge in [-0.15, -0.1) is 11.3 Å². The maximum atomic E-state index is 12.1. The van der Waals surface area contributed by atoms with Crippen molar-refractivity contribution in [2.75, 3.05) is 13.6 Å². The van der Waals surface area contributed by atoms with Crippen molar-refractivity contribution < 1.29 is 4.79 Å². The minimum Gasteiger partial charge on any atom is -0.339 e. The molecule has 0 aliphatic heterocycles. The first-order chi connectivity index (χ1) is 9.85. The zero-order valence-corrected chi connectivity index (χ0v) is 14.0. The number of nitrogens with zero attached hydrogens (tertiary/aromatic N) is 2. The van der Waals surface area contributed by atoms with Crippen molar-refractivity contribution in [3.63, 3.8) is 0 Å². The van der Waals surface area contributed by atoms with Crippen LogP contribution >= 0.6 is 11.3 Å². The Bertz CT molecular complexity index is 582. The summed E-state index contributed by atoms with van der Waals surface area (Å²) in [6.45, 7) is 7.58. The summed E-state index contributed by atoms with van der Waals surface area (Å²) < 4.78 is 1.17. The lowest BCUT2D eigenvalue weighted by atomic mass is 10.1. The van der Waals surface area contributed by atoms with E-state index >= 15 is 0 Å². The largest absolute Gasteiger partial charge is 0.339 e. The van der Waals surface area contributed by atoms with Crippen LogP contribution in [0.15, 0.2) is 24.3 Å². The summed E-state index contributed by atoms with van der Waals surface area (Å²) in [5, 5.41) is 4.31. The molecule has 2 aromatic rings. The van der Waals surface area contributed by atoms with Crippen molar-refractivity contribution in [2.24, 2.45) is 0 Å². The van der Waals surface area contributed by atoms with Gasteiger partial charge in [0.1, 0.15) is 5.01 Å². The quantitative estimate of drug-likeness (QED) is 0.923. The minimum absolute atomic E-state index is 0.0475. The zero-order valence-electron chi connectivity index (χ0n) is 13.1. The van der Waals surface area contributed by atoms with Crippen LogP contribution in [0.4, 0.5) is 0 Å². The molecule has 4 nitrogen and oxygen atoms in total. The molecule has 0 spiro atoms. The van der Waals surface area contributed by atoms with E-state index in [1.165, 1.54) is 4.70 Å². The third kappa shape index (κ3) is 4.79. The SMILES string of the molecule is CN(Cc1nc2ccccc2s1)C(=O)CCNC(C)(C)C. The normalized spacial score (nSPS) is 11.8. The Balaban J connectivity index is 1.88. The molecule has 0 atom stereocenters. The van der Waals surface area contributed by atoms with Gasteiger partial charge in [-0.1, -0.05) is 12.1 Å². The van der Waals surface area contributed by atoms with E-state index in [2.05, 4.69) is 37.1 Å². The van der Waals surface area contributed by atoms with Gasteiger partial charge in [0.2, 0.25) is 5.91 Å². The minimum atomic E-state index is 0.0475. The van der Waals surface area contributed by atoms with E-state index in [-0.39, 0.29) is 11.4 Å². The summed E-state index contributed by atoms with van der Waals surface area (Å²) in [6, 6.07) is 8.06. The van der Waals surface area contributed by atoms with Crippen LogP contribution in [0.25, 0.3) is 10.2 Å². The van der Waals surface area contributed by atoms with Crippen LogP contribution in [0.2, 0.25) is 0 Å². The molecule has 0 aliphatic rings. The highest BCUT2D eigenvalue weighted by Gasteiger charge is 2.14. The number of amides is 1. The first kappa shape index (κ1) is 15.9. The average Bonchev–Trinajstić information content (AvgIpc) is 2.79. The summed E-state index contributed by atoms with van der Waals surface area (Å²) in [7, 11) is 1.84. The maximum absolute atomic E-state index is 12.1. The van der Waals surface area contributed by atoms with Crippen LogP contribution in [0.1, 0.15) is 32.2 Å². The van der Waals surface area contributed by atoms with E-state index in [0.29, 0.717) is 19.5 Å². The Morgan fingerprint density at radius 3 is 2.71 bits per heavy atom. The van der Waals surface area contributed by atoms with Gasteiger partial charge in [-0.25, -0.2) is 4.98 Å². The van der Waals surface area contributed by atoms with Crippen molar-refractivity contribution in [1.29, 1.82) is 0 Å². The standard InChI is InChI=1S/C16H23N3OS/c1-16(2,3)17-10-9-15(20)19(4)11-14-18-12-7-5-6-8-13(12)21-14/h5-8,17H,9-11H2,1-4H3. The first-order valence-electron chi connectivity index (χ1n) is 7.18. The van der Waals surface area contributed by atoms with Gasteiger partial charge in [-0.3, -0.25) is 4.79 Å². The number of para-hydroxylation sites is 1.